The number of ether oxygens (including phenoxy) is 2. The van der Waals surface area contributed by atoms with Gasteiger partial charge in [-0.15, -0.1) is 0 Å². The Bertz CT molecular complexity index is 1050. The van der Waals surface area contributed by atoms with Crippen LogP contribution in [0.3, 0.4) is 0 Å². The van der Waals surface area contributed by atoms with Gasteiger partial charge in [-0.2, -0.15) is 5.26 Å². The van der Waals surface area contributed by atoms with Crippen LogP contribution >= 0.6 is 0 Å². The monoisotopic (exact) mass is 574 g/mol. The lowest BCUT2D eigenvalue weighted by molar-refractivity contribution is -0.140. The van der Waals surface area contributed by atoms with Crippen LogP contribution in [0.1, 0.15) is 52.5 Å². The summed E-state index contributed by atoms with van der Waals surface area (Å²) in [7, 11) is 0. The molecule has 1 aromatic carbocycles. The molecule has 0 aromatic heterocycles. The van der Waals surface area contributed by atoms with Crippen molar-refractivity contribution in [1.82, 2.24) is 16.0 Å². The van der Waals surface area contributed by atoms with Crippen LogP contribution in [0.25, 0.3) is 0 Å². The van der Waals surface area contributed by atoms with Gasteiger partial charge in [0.1, 0.15) is 24.3 Å². The smallest absolute Gasteiger partial charge is 0.405 e. The summed E-state index contributed by atoms with van der Waals surface area (Å²) >= 11 is 0. The van der Waals surface area contributed by atoms with Crippen molar-refractivity contribution in [1.29, 1.82) is 5.26 Å². The largest absolute Gasteiger partial charge is 0.465 e. The van der Waals surface area contributed by atoms with Crippen LogP contribution < -0.4 is 16.0 Å². The van der Waals surface area contributed by atoms with Crippen molar-refractivity contribution in [2.24, 2.45) is 5.92 Å². The van der Waals surface area contributed by atoms with Crippen molar-refractivity contribution in [3.05, 3.63) is 48.0 Å². The molecule has 1 aromatic rings. The third-order valence-corrected chi connectivity index (χ3v) is 5.67. The van der Waals surface area contributed by atoms with Gasteiger partial charge in [0.05, 0.1) is 18.8 Å². The van der Waals surface area contributed by atoms with Crippen molar-refractivity contribution in [2.45, 2.75) is 83.7 Å². The molecule has 0 saturated heterocycles. The summed E-state index contributed by atoms with van der Waals surface area (Å²) in [4.78, 5) is 46.9. The fraction of sp³-hybridized carbons (Fsp3) is 0.552. The fourth-order valence-electron chi connectivity index (χ4n) is 3.49. The van der Waals surface area contributed by atoms with E-state index in [1.165, 1.54) is 0 Å². The minimum atomic E-state index is -1.44. The number of rotatable bonds is 15. The summed E-state index contributed by atoms with van der Waals surface area (Å²) < 4.78 is 9.77. The summed E-state index contributed by atoms with van der Waals surface area (Å²) in [6.45, 7) is 11.2. The fourth-order valence-corrected chi connectivity index (χ4v) is 3.49. The average Bonchev–Trinajstić information content (AvgIpc) is 3.73. The van der Waals surface area contributed by atoms with Crippen molar-refractivity contribution >= 4 is 23.9 Å². The molecular formula is C29H42N4O8. The van der Waals surface area contributed by atoms with E-state index >= 15 is 0 Å². The zero-order valence-corrected chi connectivity index (χ0v) is 24.1. The molecule has 0 bridgehead atoms. The van der Waals surface area contributed by atoms with Gasteiger partial charge in [0.15, 0.2) is 6.10 Å². The van der Waals surface area contributed by atoms with Crippen LogP contribution in [-0.4, -0.2) is 77.6 Å². The van der Waals surface area contributed by atoms with Crippen LogP contribution in [-0.2, 0) is 30.3 Å². The number of nitrogens with one attached hydrogen (secondary N) is 3. The molecule has 3 amide bonds. The number of aliphatic hydroxyl groups is 1. The maximum absolute atomic E-state index is 12.7. The Labute approximate surface area is 241 Å². The molecule has 12 nitrogen and oxygen atoms in total. The first-order chi connectivity index (χ1) is 19.3. The number of esters is 1. The standard InChI is InChI=1S/C20H29N3O5.C9H13NO3/c1-12(2)10-16(23-20(27)28)18(25)22-15(11-13-6-4-3-5-7-13)17(24)19(26)21-14-8-9-14;1-7(2)12-4-5-13-9(11)8(3)6-10/h3-7,12,14-17,23-24H,8-11H2,1-2H3,(H,21,26)(H,22,25)(H,27,28);7H,3-5H2,1-2H3. The zero-order chi connectivity index (χ0) is 30.9. The Morgan fingerprint density at radius 1 is 1.05 bits per heavy atom. The molecule has 3 atom stereocenters. The Kier molecular flexibility index (Phi) is 15.7. The topological polar surface area (TPSA) is 187 Å². The summed E-state index contributed by atoms with van der Waals surface area (Å²) in [6.07, 6.45) is -0.312. The highest BCUT2D eigenvalue weighted by atomic mass is 16.6. The predicted octanol–water partition coefficient (Wildman–Crippen LogP) is 2.07. The number of nitrogens with zero attached hydrogens (tertiary/aromatic N) is 1. The Morgan fingerprint density at radius 3 is 2.20 bits per heavy atom. The molecule has 1 saturated carbocycles. The first kappa shape index (κ1) is 35.1. The molecule has 1 aliphatic rings. The first-order valence-electron chi connectivity index (χ1n) is 13.5. The van der Waals surface area contributed by atoms with Crippen LogP contribution in [0.15, 0.2) is 42.5 Å². The number of aliphatic hydroxyl groups excluding tert-OH is 1. The van der Waals surface area contributed by atoms with Gasteiger partial charge in [-0.3, -0.25) is 9.59 Å². The van der Waals surface area contributed by atoms with E-state index in [2.05, 4.69) is 27.3 Å². The van der Waals surface area contributed by atoms with Gasteiger partial charge in [-0.05, 0) is 51.0 Å². The Hall–Kier alpha value is -3.95. The quantitative estimate of drug-likeness (QED) is 0.0904. The highest BCUT2D eigenvalue weighted by molar-refractivity contribution is 5.91. The van der Waals surface area contributed by atoms with Crippen molar-refractivity contribution in [2.75, 3.05) is 13.2 Å². The first-order valence-corrected chi connectivity index (χ1v) is 13.5. The van der Waals surface area contributed by atoms with E-state index in [9.17, 15) is 24.3 Å². The van der Waals surface area contributed by atoms with Crippen LogP contribution in [0, 0.1) is 17.2 Å². The van der Waals surface area contributed by atoms with Gasteiger partial charge in [0.25, 0.3) is 5.91 Å². The highest BCUT2D eigenvalue weighted by Crippen LogP contribution is 2.19. The SMILES string of the molecule is C=C(C#N)C(=O)OCCOC(C)C.CC(C)CC(NC(=O)O)C(=O)NC(Cc1ccccc1)C(O)C(=O)NC1CC1. The lowest BCUT2D eigenvalue weighted by Gasteiger charge is -2.27. The molecule has 226 valence electrons. The third-order valence-electron chi connectivity index (χ3n) is 5.67. The van der Waals surface area contributed by atoms with E-state index in [4.69, 9.17) is 15.1 Å². The van der Waals surface area contributed by atoms with E-state index in [0.29, 0.717) is 13.0 Å². The second-order valence-electron chi connectivity index (χ2n) is 10.3. The lowest BCUT2D eigenvalue weighted by atomic mass is 9.98. The molecule has 1 aliphatic carbocycles. The molecular weight excluding hydrogens is 532 g/mol. The molecule has 41 heavy (non-hydrogen) atoms. The summed E-state index contributed by atoms with van der Waals surface area (Å²) in [5.41, 5.74) is 0.655. The van der Waals surface area contributed by atoms with Crippen LogP contribution in [0.5, 0.6) is 0 Å². The van der Waals surface area contributed by atoms with Gasteiger partial charge in [0.2, 0.25) is 5.91 Å². The molecule has 0 heterocycles. The molecule has 3 unspecified atom stereocenters. The maximum atomic E-state index is 12.7. The molecule has 5 N–H and O–H groups in total. The predicted molar refractivity (Wildman–Crippen MR) is 150 cm³/mol. The van der Waals surface area contributed by atoms with E-state index in [1.807, 2.05) is 58.0 Å². The third kappa shape index (κ3) is 15.4. The zero-order valence-electron chi connectivity index (χ0n) is 24.1. The van der Waals surface area contributed by atoms with Gasteiger partial charge in [-0.25, -0.2) is 9.59 Å². The van der Waals surface area contributed by atoms with Gasteiger partial charge < -0.3 is 35.6 Å². The molecule has 0 radical (unpaired) electrons. The van der Waals surface area contributed by atoms with Crippen LogP contribution in [0.2, 0.25) is 0 Å². The normalized spacial score (nSPS) is 14.4. The molecule has 12 heteroatoms. The number of carbonyl (C=O) groups is 4. The van der Waals surface area contributed by atoms with Crippen molar-refractivity contribution < 1.29 is 38.9 Å². The number of hydrogen-bond acceptors (Lipinski definition) is 8. The Morgan fingerprint density at radius 2 is 1.68 bits per heavy atom. The highest BCUT2D eigenvalue weighted by Gasteiger charge is 2.33. The second-order valence-corrected chi connectivity index (χ2v) is 10.3. The minimum Gasteiger partial charge on any atom is -0.465 e. The van der Waals surface area contributed by atoms with Crippen LogP contribution in [0.4, 0.5) is 4.79 Å². The number of nitriles is 1. The number of hydrogen-bond donors (Lipinski definition) is 5. The van der Waals surface area contributed by atoms with E-state index in [1.54, 1.807) is 6.07 Å². The van der Waals surface area contributed by atoms with Gasteiger partial charge in [-0.1, -0.05) is 50.8 Å². The number of carbonyl (C=O) groups excluding carboxylic acids is 3. The summed E-state index contributed by atoms with van der Waals surface area (Å²) in [5.74, 6) is -1.70. The number of amides is 3. The molecule has 0 aliphatic heterocycles. The van der Waals surface area contributed by atoms with E-state index < -0.39 is 42.1 Å². The van der Waals surface area contributed by atoms with E-state index in [-0.39, 0.29) is 36.7 Å². The van der Waals surface area contributed by atoms with E-state index in [0.717, 1.165) is 18.4 Å². The van der Waals surface area contributed by atoms with Crippen molar-refractivity contribution in [3.8, 4) is 6.07 Å². The molecule has 0 spiro atoms. The average molecular weight is 575 g/mol. The lowest BCUT2D eigenvalue weighted by Crippen LogP contribution is -2.56. The number of benzene rings is 1. The molecule has 1 fully saturated rings. The van der Waals surface area contributed by atoms with Gasteiger partial charge in [0, 0.05) is 6.04 Å². The number of carboxylic acid groups (broad SMARTS) is 1. The summed E-state index contributed by atoms with van der Waals surface area (Å²) in [5, 5.41) is 35.5. The Balaban J connectivity index is 0.000000545. The minimum absolute atomic E-state index is 0.0811. The summed E-state index contributed by atoms with van der Waals surface area (Å²) in [6, 6.07) is 9.04. The van der Waals surface area contributed by atoms with Crippen molar-refractivity contribution in [3.63, 3.8) is 0 Å². The maximum Gasteiger partial charge on any atom is 0.405 e. The van der Waals surface area contributed by atoms with Gasteiger partial charge >= 0.3 is 12.1 Å². The molecule has 2 rings (SSSR count). The second kappa shape index (κ2) is 18.4.